The molecule has 4 nitrogen and oxygen atoms in total. The van der Waals surface area contributed by atoms with Gasteiger partial charge in [0.05, 0.1) is 20.3 Å². The lowest BCUT2D eigenvalue weighted by Gasteiger charge is -2.34. The van der Waals surface area contributed by atoms with E-state index in [4.69, 9.17) is 14.2 Å². The molecular weight excluding hydrogens is 278 g/mol. The van der Waals surface area contributed by atoms with E-state index in [1.807, 2.05) is 0 Å². The van der Waals surface area contributed by atoms with E-state index < -0.39 is 0 Å². The van der Waals surface area contributed by atoms with Crippen LogP contribution in [0.25, 0.3) is 0 Å². The molecule has 1 aromatic rings. The number of benzene rings is 1. The quantitative estimate of drug-likeness (QED) is 0.912. The normalized spacial score (nSPS) is 23.8. The molecule has 120 valence electrons. The molecule has 1 N–H and O–H groups in total. The molecule has 0 saturated carbocycles. The van der Waals surface area contributed by atoms with Gasteiger partial charge in [0.1, 0.15) is 5.75 Å². The Morgan fingerprint density at radius 3 is 2.50 bits per heavy atom. The van der Waals surface area contributed by atoms with Crippen molar-refractivity contribution in [3.8, 4) is 17.2 Å². The molecule has 1 unspecified atom stereocenters. The van der Waals surface area contributed by atoms with Crippen LogP contribution in [0.5, 0.6) is 17.2 Å². The first-order chi connectivity index (χ1) is 10.9. The summed E-state index contributed by atoms with van der Waals surface area (Å²) in [5.74, 6) is 3.58. The topological polar surface area (TPSA) is 39.7 Å². The Balaban J connectivity index is 1.90. The van der Waals surface area contributed by atoms with Crippen molar-refractivity contribution in [2.45, 2.75) is 44.4 Å². The Labute approximate surface area is 132 Å². The number of rotatable bonds is 2. The number of methoxy groups -OCH3 is 1. The fraction of sp³-hybridized carbons (Fsp3) is 0.667. The molecule has 1 fully saturated rings. The summed E-state index contributed by atoms with van der Waals surface area (Å²) in [4.78, 5) is 0. The van der Waals surface area contributed by atoms with Crippen molar-refractivity contribution in [2.75, 3.05) is 33.4 Å². The number of hydrogen-bond acceptors (Lipinski definition) is 4. The summed E-state index contributed by atoms with van der Waals surface area (Å²) in [6, 6.07) is 0. The Hall–Kier alpha value is -1.42. The minimum Gasteiger partial charge on any atom is -0.493 e. The first-order valence-corrected chi connectivity index (χ1v) is 8.62. The molecule has 22 heavy (non-hydrogen) atoms. The van der Waals surface area contributed by atoms with Crippen molar-refractivity contribution >= 4 is 0 Å². The monoisotopic (exact) mass is 303 g/mol. The summed E-state index contributed by atoms with van der Waals surface area (Å²) in [6.07, 6.45) is 6.73. The van der Waals surface area contributed by atoms with Crippen LogP contribution in [-0.2, 0) is 12.8 Å². The average Bonchev–Trinajstić information content (AvgIpc) is 2.60. The third kappa shape index (κ3) is 2.24. The van der Waals surface area contributed by atoms with Gasteiger partial charge in [-0.1, -0.05) is 0 Å². The molecular formula is C18H25NO3. The van der Waals surface area contributed by atoms with Gasteiger partial charge in [-0.25, -0.2) is 0 Å². The summed E-state index contributed by atoms with van der Waals surface area (Å²) in [5, 5.41) is 3.55. The maximum Gasteiger partial charge on any atom is 0.167 e. The minimum absolute atomic E-state index is 0.543. The number of hydrogen-bond donors (Lipinski definition) is 1. The molecule has 0 bridgehead atoms. The van der Waals surface area contributed by atoms with E-state index in [2.05, 4.69) is 5.32 Å². The highest BCUT2D eigenvalue weighted by molar-refractivity contribution is 5.65. The molecule has 0 aliphatic carbocycles. The zero-order chi connectivity index (χ0) is 14.9. The van der Waals surface area contributed by atoms with Crippen molar-refractivity contribution in [1.29, 1.82) is 0 Å². The molecule has 4 heteroatoms. The van der Waals surface area contributed by atoms with Gasteiger partial charge in [0.15, 0.2) is 11.5 Å². The van der Waals surface area contributed by atoms with Crippen LogP contribution in [0, 0.1) is 0 Å². The Kier molecular flexibility index (Phi) is 3.87. The smallest absolute Gasteiger partial charge is 0.167 e. The van der Waals surface area contributed by atoms with Crippen molar-refractivity contribution in [2.24, 2.45) is 0 Å². The predicted molar refractivity (Wildman–Crippen MR) is 85.5 cm³/mol. The van der Waals surface area contributed by atoms with Gasteiger partial charge in [-0.05, 0) is 45.1 Å². The number of nitrogens with one attached hydrogen (secondary N) is 1. The van der Waals surface area contributed by atoms with Gasteiger partial charge in [-0.3, -0.25) is 0 Å². The van der Waals surface area contributed by atoms with Crippen LogP contribution >= 0.6 is 0 Å². The maximum atomic E-state index is 6.15. The second-order valence-electron chi connectivity index (χ2n) is 6.51. The summed E-state index contributed by atoms with van der Waals surface area (Å²) in [6.45, 7) is 3.80. The van der Waals surface area contributed by atoms with Crippen LogP contribution in [0.3, 0.4) is 0 Å². The van der Waals surface area contributed by atoms with Crippen LogP contribution in [0.2, 0.25) is 0 Å². The SMILES string of the molecule is COc1c2c(c(C3CCCNC3)c3c1OCCC3)OCCC2. The van der Waals surface area contributed by atoms with E-state index in [9.17, 15) is 0 Å². The second-order valence-corrected chi connectivity index (χ2v) is 6.51. The average molecular weight is 303 g/mol. The molecule has 3 aliphatic rings. The van der Waals surface area contributed by atoms with Crippen LogP contribution in [0.1, 0.15) is 48.3 Å². The first-order valence-electron chi connectivity index (χ1n) is 8.62. The minimum atomic E-state index is 0.543. The molecule has 0 spiro atoms. The van der Waals surface area contributed by atoms with Crippen molar-refractivity contribution < 1.29 is 14.2 Å². The highest BCUT2D eigenvalue weighted by Crippen LogP contribution is 2.51. The fourth-order valence-electron chi connectivity index (χ4n) is 4.18. The summed E-state index contributed by atoms with van der Waals surface area (Å²) in [7, 11) is 1.75. The van der Waals surface area contributed by atoms with Gasteiger partial charge >= 0.3 is 0 Å². The third-order valence-corrected chi connectivity index (χ3v) is 5.14. The highest BCUT2D eigenvalue weighted by atomic mass is 16.5. The van der Waals surface area contributed by atoms with Crippen LogP contribution < -0.4 is 19.5 Å². The standard InChI is InChI=1S/C18H25NO3/c1-20-17-14-7-4-9-21-16(14)15(12-5-2-8-19-11-12)13-6-3-10-22-18(13)17/h12,19H,2-11H2,1H3. The molecule has 4 rings (SSSR count). The Morgan fingerprint density at radius 2 is 1.77 bits per heavy atom. The van der Waals surface area contributed by atoms with Crippen molar-refractivity contribution in [1.82, 2.24) is 5.32 Å². The lowest BCUT2D eigenvalue weighted by molar-refractivity contribution is 0.247. The van der Waals surface area contributed by atoms with E-state index >= 15 is 0 Å². The molecule has 1 saturated heterocycles. The molecule has 0 amide bonds. The van der Waals surface area contributed by atoms with E-state index in [-0.39, 0.29) is 0 Å². The molecule has 0 radical (unpaired) electrons. The number of piperidine rings is 1. The molecule has 1 aromatic carbocycles. The van der Waals surface area contributed by atoms with Gasteiger partial charge < -0.3 is 19.5 Å². The number of fused-ring (bicyclic) bond motifs is 2. The fourth-order valence-corrected chi connectivity index (χ4v) is 4.18. The Morgan fingerprint density at radius 1 is 1.00 bits per heavy atom. The van der Waals surface area contributed by atoms with Gasteiger partial charge in [0.25, 0.3) is 0 Å². The zero-order valence-corrected chi connectivity index (χ0v) is 13.4. The summed E-state index contributed by atoms with van der Waals surface area (Å²) >= 11 is 0. The Bertz CT molecular complexity index is 527. The lowest BCUT2D eigenvalue weighted by atomic mass is 9.82. The lowest BCUT2D eigenvalue weighted by Crippen LogP contribution is -2.30. The zero-order valence-electron chi connectivity index (χ0n) is 13.4. The van der Waals surface area contributed by atoms with Gasteiger partial charge in [0.2, 0.25) is 0 Å². The van der Waals surface area contributed by atoms with E-state index in [0.29, 0.717) is 5.92 Å². The highest BCUT2D eigenvalue weighted by Gasteiger charge is 2.33. The van der Waals surface area contributed by atoms with Crippen LogP contribution in [-0.4, -0.2) is 33.4 Å². The van der Waals surface area contributed by atoms with Crippen molar-refractivity contribution in [3.63, 3.8) is 0 Å². The van der Waals surface area contributed by atoms with E-state index in [1.165, 1.54) is 29.5 Å². The van der Waals surface area contributed by atoms with Crippen LogP contribution in [0.4, 0.5) is 0 Å². The number of ether oxygens (including phenoxy) is 3. The van der Waals surface area contributed by atoms with Gasteiger partial charge in [-0.2, -0.15) is 0 Å². The summed E-state index contributed by atoms with van der Waals surface area (Å²) in [5.41, 5.74) is 3.99. The van der Waals surface area contributed by atoms with E-state index in [1.54, 1.807) is 7.11 Å². The third-order valence-electron chi connectivity index (χ3n) is 5.14. The molecule has 1 atom stereocenters. The largest absolute Gasteiger partial charge is 0.493 e. The molecule has 3 aliphatic heterocycles. The van der Waals surface area contributed by atoms with Gasteiger partial charge in [-0.15, -0.1) is 0 Å². The predicted octanol–water partition coefficient (Wildman–Crippen LogP) is 2.81. The summed E-state index contributed by atoms with van der Waals surface area (Å²) < 4.78 is 17.9. The van der Waals surface area contributed by atoms with Gasteiger partial charge in [0, 0.05) is 29.2 Å². The van der Waals surface area contributed by atoms with E-state index in [0.717, 1.165) is 69.2 Å². The second kappa shape index (κ2) is 5.99. The van der Waals surface area contributed by atoms with Crippen LogP contribution in [0.15, 0.2) is 0 Å². The maximum absolute atomic E-state index is 6.15. The molecule has 0 aromatic heterocycles. The first kappa shape index (κ1) is 14.2. The van der Waals surface area contributed by atoms with Crippen molar-refractivity contribution in [3.05, 3.63) is 16.7 Å². The molecule has 3 heterocycles.